The lowest BCUT2D eigenvalue weighted by Gasteiger charge is -2.39. The zero-order valence-corrected chi connectivity index (χ0v) is 15.5. The third kappa shape index (κ3) is 4.13. The van der Waals surface area contributed by atoms with Gasteiger partial charge >= 0.3 is 0 Å². The molecular formula is C21H30N2O2. The molecule has 3 rings (SSSR count). The number of piperidine rings is 1. The number of rotatable bonds is 3. The summed E-state index contributed by atoms with van der Waals surface area (Å²) < 4.78 is 5.35. The van der Waals surface area contributed by atoms with Crippen LogP contribution >= 0.6 is 0 Å². The summed E-state index contributed by atoms with van der Waals surface area (Å²) in [5.41, 5.74) is 9.59. The maximum Gasteiger partial charge on any atom is 0.242 e. The monoisotopic (exact) mass is 342 g/mol. The number of likely N-dealkylation sites (tertiary alicyclic amines) is 1. The second-order valence-corrected chi connectivity index (χ2v) is 7.56. The molecule has 2 heterocycles. The highest BCUT2D eigenvalue weighted by molar-refractivity contribution is 5.86. The van der Waals surface area contributed by atoms with Crippen molar-refractivity contribution < 1.29 is 9.53 Å². The summed E-state index contributed by atoms with van der Waals surface area (Å²) in [5.74, 6) is 0.652. The highest BCUT2D eigenvalue weighted by Gasteiger charge is 2.39. The van der Waals surface area contributed by atoms with Crippen molar-refractivity contribution in [1.29, 1.82) is 0 Å². The summed E-state index contributed by atoms with van der Waals surface area (Å²) in [7, 11) is 0. The lowest BCUT2D eigenvalue weighted by molar-refractivity contribution is -0.141. The minimum Gasteiger partial charge on any atom is -0.381 e. The van der Waals surface area contributed by atoms with Crippen LogP contribution in [0.1, 0.15) is 42.4 Å². The molecule has 4 nitrogen and oxygen atoms in total. The van der Waals surface area contributed by atoms with Crippen LogP contribution < -0.4 is 5.73 Å². The number of amides is 1. The molecule has 0 unspecified atom stereocenters. The first-order valence-corrected chi connectivity index (χ1v) is 9.40. The summed E-state index contributed by atoms with van der Waals surface area (Å²) >= 11 is 0. The van der Waals surface area contributed by atoms with Gasteiger partial charge in [0.05, 0.1) is 5.54 Å². The van der Waals surface area contributed by atoms with Gasteiger partial charge in [-0.05, 0) is 62.1 Å². The largest absolute Gasteiger partial charge is 0.381 e. The van der Waals surface area contributed by atoms with Crippen molar-refractivity contribution in [2.45, 2.75) is 45.1 Å². The minimum absolute atomic E-state index is 0.118. The molecule has 0 atom stereocenters. The van der Waals surface area contributed by atoms with Gasteiger partial charge in [-0.1, -0.05) is 30.4 Å². The topological polar surface area (TPSA) is 55.6 Å². The number of ether oxygens (including phenoxy) is 1. The molecule has 0 bridgehead atoms. The molecule has 2 aliphatic rings. The van der Waals surface area contributed by atoms with E-state index in [9.17, 15) is 4.79 Å². The van der Waals surface area contributed by atoms with Crippen molar-refractivity contribution in [2.75, 3.05) is 26.3 Å². The van der Waals surface area contributed by atoms with Gasteiger partial charge < -0.3 is 15.4 Å². The maximum atomic E-state index is 12.8. The number of allylic oxidation sites excluding steroid dienone is 1. The van der Waals surface area contributed by atoms with E-state index < -0.39 is 5.54 Å². The predicted molar refractivity (Wildman–Crippen MR) is 101 cm³/mol. The van der Waals surface area contributed by atoms with Gasteiger partial charge in [-0.25, -0.2) is 0 Å². The molecule has 0 aromatic heterocycles. The van der Waals surface area contributed by atoms with Crippen molar-refractivity contribution in [3.8, 4) is 0 Å². The van der Waals surface area contributed by atoms with Crippen molar-refractivity contribution in [3.63, 3.8) is 0 Å². The van der Waals surface area contributed by atoms with Gasteiger partial charge in [0.2, 0.25) is 5.91 Å². The quantitative estimate of drug-likeness (QED) is 0.918. The third-order valence-electron chi connectivity index (χ3n) is 5.71. The SMILES string of the molecule is Cc1cccc(C)c1/C=C/C1CCN(C(=O)C2(N)CCOCC2)CC1. The molecule has 2 aliphatic heterocycles. The summed E-state index contributed by atoms with van der Waals surface area (Å²) in [6.07, 6.45) is 7.88. The van der Waals surface area contributed by atoms with Crippen LogP contribution in [0.2, 0.25) is 0 Å². The fourth-order valence-electron chi connectivity index (χ4n) is 3.88. The lowest BCUT2D eigenvalue weighted by atomic mass is 9.87. The van der Waals surface area contributed by atoms with Gasteiger partial charge in [0.1, 0.15) is 0 Å². The van der Waals surface area contributed by atoms with Crippen molar-refractivity contribution in [3.05, 3.63) is 41.0 Å². The smallest absolute Gasteiger partial charge is 0.242 e. The molecule has 2 saturated heterocycles. The van der Waals surface area contributed by atoms with Gasteiger partial charge in [-0.2, -0.15) is 0 Å². The zero-order chi connectivity index (χ0) is 17.9. The summed E-state index contributed by atoms with van der Waals surface area (Å²) in [6.45, 7) is 7.11. The summed E-state index contributed by atoms with van der Waals surface area (Å²) in [4.78, 5) is 14.7. The molecule has 0 aliphatic carbocycles. The highest BCUT2D eigenvalue weighted by atomic mass is 16.5. The van der Waals surface area contributed by atoms with Gasteiger partial charge in [-0.15, -0.1) is 0 Å². The van der Waals surface area contributed by atoms with Crippen LogP contribution in [0.4, 0.5) is 0 Å². The van der Waals surface area contributed by atoms with Crippen LogP contribution in [0.3, 0.4) is 0 Å². The van der Waals surface area contributed by atoms with Crippen LogP contribution in [0.15, 0.2) is 24.3 Å². The van der Waals surface area contributed by atoms with E-state index in [0.717, 1.165) is 25.9 Å². The zero-order valence-electron chi connectivity index (χ0n) is 15.5. The molecule has 1 amide bonds. The number of carbonyl (C=O) groups excluding carboxylic acids is 1. The molecule has 2 N–H and O–H groups in total. The molecule has 25 heavy (non-hydrogen) atoms. The Hall–Kier alpha value is -1.65. The van der Waals surface area contributed by atoms with Crippen LogP contribution in [0.5, 0.6) is 0 Å². The van der Waals surface area contributed by atoms with Crippen LogP contribution in [0, 0.1) is 19.8 Å². The first kappa shape index (κ1) is 18.2. The molecule has 1 aromatic rings. The van der Waals surface area contributed by atoms with Crippen molar-refractivity contribution in [1.82, 2.24) is 4.90 Å². The Labute approximate surface area is 151 Å². The Morgan fingerprint density at radius 2 is 1.80 bits per heavy atom. The van der Waals surface area contributed by atoms with Crippen LogP contribution in [0.25, 0.3) is 6.08 Å². The van der Waals surface area contributed by atoms with E-state index in [0.29, 0.717) is 32.0 Å². The number of nitrogens with zero attached hydrogens (tertiary/aromatic N) is 1. The Balaban J connectivity index is 1.57. The first-order chi connectivity index (χ1) is 12.0. The van der Waals surface area contributed by atoms with E-state index in [1.165, 1.54) is 16.7 Å². The molecule has 1 aromatic carbocycles. The minimum atomic E-state index is -0.709. The Morgan fingerprint density at radius 3 is 2.40 bits per heavy atom. The summed E-state index contributed by atoms with van der Waals surface area (Å²) in [5, 5.41) is 0. The summed E-state index contributed by atoms with van der Waals surface area (Å²) in [6, 6.07) is 6.41. The van der Waals surface area contributed by atoms with E-state index in [1.807, 2.05) is 4.90 Å². The Bertz CT molecular complexity index is 619. The van der Waals surface area contributed by atoms with E-state index in [2.05, 4.69) is 44.2 Å². The molecule has 0 radical (unpaired) electrons. The van der Waals surface area contributed by atoms with Crippen molar-refractivity contribution >= 4 is 12.0 Å². The molecule has 0 saturated carbocycles. The number of benzene rings is 1. The molecular weight excluding hydrogens is 312 g/mol. The van der Waals surface area contributed by atoms with Crippen LogP contribution in [-0.2, 0) is 9.53 Å². The Morgan fingerprint density at radius 1 is 1.20 bits per heavy atom. The Kier molecular flexibility index (Phi) is 5.60. The first-order valence-electron chi connectivity index (χ1n) is 9.40. The molecule has 0 spiro atoms. The number of nitrogens with two attached hydrogens (primary N) is 1. The van der Waals surface area contributed by atoms with Gasteiger partial charge in [0.15, 0.2) is 0 Å². The number of hydrogen-bond donors (Lipinski definition) is 1. The van der Waals surface area contributed by atoms with Gasteiger partial charge in [0.25, 0.3) is 0 Å². The predicted octanol–water partition coefficient (Wildman–Crippen LogP) is 3.06. The molecule has 4 heteroatoms. The van der Waals surface area contributed by atoms with E-state index >= 15 is 0 Å². The average molecular weight is 342 g/mol. The fourth-order valence-corrected chi connectivity index (χ4v) is 3.88. The number of hydrogen-bond acceptors (Lipinski definition) is 3. The highest BCUT2D eigenvalue weighted by Crippen LogP contribution is 2.26. The second kappa shape index (κ2) is 7.71. The van der Waals surface area contributed by atoms with Gasteiger partial charge in [0, 0.05) is 26.3 Å². The maximum absolute atomic E-state index is 12.8. The number of carbonyl (C=O) groups is 1. The van der Waals surface area contributed by atoms with Crippen molar-refractivity contribution in [2.24, 2.45) is 11.7 Å². The van der Waals surface area contributed by atoms with E-state index in [1.54, 1.807) is 0 Å². The van der Waals surface area contributed by atoms with Gasteiger partial charge in [-0.3, -0.25) is 4.79 Å². The standard InChI is InChI=1S/C21H30N2O2/c1-16-4-3-5-17(2)19(16)7-6-18-8-12-23(13-9-18)20(24)21(22)10-14-25-15-11-21/h3-7,18H,8-15,22H2,1-2H3/b7-6+. The third-order valence-corrected chi connectivity index (χ3v) is 5.71. The van der Waals surface area contributed by atoms with E-state index in [-0.39, 0.29) is 5.91 Å². The lowest BCUT2D eigenvalue weighted by Crippen LogP contribution is -2.59. The fraction of sp³-hybridized carbons (Fsp3) is 0.571. The average Bonchev–Trinajstić information content (AvgIpc) is 2.62. The molecule has 2 fully saturated rings. The normalized spacial score (nSPS) is 21.6. The second-order valence-electron chi connectivity index (χ2n) is 7.56. The number of aryl methyl sites for hydroxylation is 2. The van der Waals surface area contributed by atoms with E-state index in [4.69, 9.17) is 10.5 Å². The van der Waals surface area contributed by atoms with Crippen LogP contribution in [-0.4, -0.2) is 42.6 Å². The molecule has 136 valence electrons.